The molecule has 2 aliphatic rings. The van der Waals surface area contributed by atoms with Crippen LogP contribution in [-0.4, -0.2) is 54.4 Å². The summed E-state index contributed by atoms with van der Waals surface area (Å²) in [6, 6.07) is 16.9. The van der Waals surface area contributed by atoms with Gasteiger partial charge in [0.1, 0.15) is 11.5 Å². The predicted molar refractivity (Wildman–Crippen MR) is 122 cm³/mol. The molecule has 2 aromatic rings. The first-order valence-electron chi connectivity index (χ1n) is 11.1. The highest BCUT2D eigenvalue weighted by molar-refractivity contribution is 5.93. The third-order valence-corrected chi connectivity index (χ3v) is 6.61. The second-order valence-electron chi connectivity index (χ2n) is 8.88. The molecule has 0 aliphatic carbocycles. The smallest absolute Gasteiger partial charge is 0.229 e. The molecule has 0 aromatic heterocycles. The van der Waals surface area contributed by atoms with Crippen LogP contribution < -0.4 is 10.2 Å². The number of amides is 1. The van der Waals surface area contributed by atoms with Gasteiger partial charge in [0.15, 0.2) is 0 Å². The molecule has 2 fully saturated rings. The van der Waals surface area contributed by atoms with E-state index in [9.17, 15) is 14.7 Å². The van der Waals surface area contributed by atoms with Crippen molar-refractivity contribution >= 4 is 23.1 Å². The van der Waals surface area contributed by atoms with E-state index >= 15 is 0 Å². The highest BCUT2D eigenvalue weighted by Crippen LogP contribution is 2.27. The number of phenols is 1. The number of rotatable bonds is 6. The minimum Gasteiger partial charge on any atom is -0.508 e. The van der Waals surface area contributed by atoms with Gasteiger partial charge in [-0.1, -0.05) is 25.1 Å². The van der Waals surface area contributed by atoms with Gasteiger partial charge in [-0.15, -0.1) is 0 Å². The molecule has 2 N–H and O–H groups in total. The van der Waals surface area contributed by atoms with Crippen molar-refractivity contribution < 1.29 is 14.7 Å². The van der Waals surface area contributed by atoms with Gasteiger partial charge in [0, 0.05) is 43.5 Å². The predicted octanol–water partition coefficient (Wildman–Crippen LogP) is 3.38. The minimum atomic E-state index is -0.137. The zero-order valence-electron chi connectivity index (χ0n) is 18.0. The van der Waals surface area contributed by atoms with Gasteiger partial charge in [-0.05, 0) is 55.2 Å². The minimum absolute atomic E-state index is 0.0238. The second-order valence-corrected chi connectivity index (χ2v) is 8.88. The molecule has 164 valence electrons. The van der Waals surface area contributed by atoms with Crippen LogP contribution in [0.3, 0.4) is 0 Å². The third-order valence-electron chi connectivity index (χ3n) is 6.61. The van der Waals surface area contributed by atoms with Crippen molar-refractivity contribution in [2.75, 3.05) is 42.9 Å². The normalized spacial score (nSPS) is 22.4. The lowest BCUT2D eigenvalue weighted by atomic mass is 9.92. The van der Waals surface area contributed by atoms with E-state index in [1.165, 1.54) is 5.69 Å². The first kappa shape index (κ1) is 21.4. The van der Waals surface area contributed by atoms with Crippen molar-refractivity contribution in [2.45, 2.75) is 19.8 Å². The van der Waals surface area contributed by atoms with E-state index in [2.05, 4.69) is 46.3 Å². The molecule has 31 heavy (non-hydrogen) atoms. The van der Waals surface area contributed by atoms with Crippen LogP contribution in [-0.2, 0) is 9.59 Å². The highest BCUT2D eigenvalue weighted by Gasteiger charge is 2.36. The van der Waals surface area contributed by atoms with Crippen LogP contribution in [0.15, 0.2) is 54.6 Å². The quantitative estimate of drug-likeness (QED) is 0.700. The third kappa shape index (κ3) is 5.25. The van der Waals surface area contributed by atoms with Crippen LogP contribution in [0, 0.1) is 17.8 Å². The lowest BCUT2D eigenvalue weighted by Crippen LogP contribution is -2.40. The Kier molecular flexibility index (Phi) is 6.56. The van der Waals surface area contributed by atoms with Gasteiger partial charge in [0.25, 0.3) is 0 Å². The Balaban J connectivity index is 1.26. The standard InChI is InChI=1S/C25H31N3O3/c1-18-15-27(16-23(18)25(31)26-20-7-9-22(29)10-8-20)17-24(30)19-11-13-28(14-12-19)21-5-3-2-4-6-21/h2-10,18-19,23,29H,11-17H2,1H3,(H,26,31)/t18-,23-/m0/s1. The summed E-state index contributed by atoms with van der Waals surface area (Å²) >= 11 is 0. The molecule has 2 atom stereocenters. The Morgan fingerprint density at radius 2 is 1.68 bits per heavy atom. The molecule has 2 aliphatic heterocycles. The molecule has 6 heteroatoms. The Morgan fingerprint density at radius 3 is 2.35 bits per heavy atom. The molecule has 4 rings (SSSR count). The number of ketones is 1. The number of carbonyl (C=O) groups excluding carboxylic acids is 2. The monoisotopic (exact) mass is 421 g/mol. The molecule has 2 heterocycles. The van der Waals surface area contributed by atoms with Crippen LogP contribution in [0.4, 0.5) is 11.4 Å². The van der Waals surface area contributed by atoms with Gasteiger partial charge in [0.2, 0.25) is 5.91 Å². The number of benzene rings is 2. The van der Waals surface area contributed by atoms with Crippen molar-refractivity contribution in [3.05, 3.63) is 54.6 Å². The molecular formula is C25H31N3O3. The van der Waals surface area contributed by atoms with Crippen LogP contribution in [0.1, 0.15) is 19.8 Å². The Hall–Kier alpha value is -2.86. The summed E-state index contributed by atoms with van der Waals surface area (Å²) in [5.41, 5.74) is 1.90. The molecule has 2 aromatic carbocycles. The molecule has 0 radical (unpaired) electrons. The summed E-state index contributed by atoms with van der Waals surface area (Å²) in [5, 5.41) is 12.3. The molecule has 6 nitrogen and oxygen atoms in total. The summed E-state index contributed by atoms with van der Waals surface area (Å²) in [6.45, 7) is 5.71. The highest BCUT2D eigenvalue weighted by atomic mass is 16.3. The fraction of sp³-hybridized carbons (Fsp3) is 0.440. The maximum absolute atomic E-state index is 12.9. The topological polar surface area (TPSA) is 72.9 Å². The van der Waals surface area contributed by atoms with Crippen molar-refractivity contribution in [1.29, 1.82) is 0 Å². The number of phenolic OH excluding ortho intramolecular Hbond substituents is 1. The average Bonchev–Trinajstić information content (AvgIpc) is 3.16. The molecule has 0 spiro atoms. The van der Waals surface area contributed by atoms with Crippen molar-refractivity contribution in [2.24, 2.45) is 17.8 Å². The second kappa shape index (κ2) is 9.52. The number of nitrogens with one attached hydrogen (secondary N) is 1. The molecule has 0 unspecified atom stereocenters. The summed E-state index contributed by atoms with van der Waals surface area (Å²) in [6.07, 6.45) is 1.78. The van der Waals surface area contributed by atoms with Crippen molar-refractivity contribution in [3.8, 4) is 5.75 Å². The molecular weight excluding hydrogens is 390 g/mol. The van der Waals surface area contributed by atoms with E-state index in [0.29, 0.717) is 24.6 Å². The number of aromatic hydroxyl groups is 1. The first-order valence-corrected chi connectivity index (χ1v) is 11.1. The molecule has 0 saturated carbocycles. The number of para-hydroxylation sites is 1. The summed E-state index contributed by atoms with van der Waals surface area (Å²) in [7, 11) is 0. The fourth-order valence-electron chi connectivity index (χ4n) is 4.77. The van der Waals surface area contributed by atoms with E-state index in [-0.39, 0.29) is 29.4 Å². The van der Waals surface area contributed by atoms with Crippen molar-refractivity contribution in [1.82, 2.24) is 4.90 Å². The van der Waals surface area contributed by atoms with E-state index in [1.54, 1.807) is 24.3 Å². The van der Waals surface area contributed by atoms with Gasteiger partial charge >= 0.3 is 0 Å². The van der Waals surface area contributed by atoms with Gasteiger partial charge in [-0.2, -0.15) is 0 Å². The Bertz CT molecular complexity index is 892. The number of nitrogens with zero attached hydrogens (tertiary/aromatic N) is 2. The van der Waals surface area contributed by atoms with Gasteiger partial charge in [0.05, 0.1) is 12.5 Å². The molecule has 1 amide bonds. The molecule has 2 saturated heterocycles. The molecule has 0 bridgehead atoms. The zero-order valence-corrected chi connectivity index (χ0v) is 18.0. The largest absolute Gasteiger partial charge is 0.508 e. The summed E-state index contributed by atoms with van der Waals surface area (Å²) in [5.74, 6) is 0.627. The lowest BCUT2D eigenvalue weighted by molar-refractivity contribution is -0.125. The number of hydrogen-bond acceptors (Lipinski definition) is 5. The van der Waals surface area contributed by atoms with E-state index in [0.717, 1.165) is 32.5 Å². The van der Waals surface area contributed by atoms with E-state index in [4.69, 9.17) is 0 Å². The van der Waals surface area contributed by atoms with Gasteiger partial charge < -0.3 is 15.3 Å². The van der Waals surface area contributed by atoms with E-state index < -0.39 is 0 Å². The number of piperidine rings is 1. The average molecular weight is 422 g/mol. The van der Waals surface area contributed by atoms with Gasteiger partial charge in [-0.25, -0.2) is 0 Å². The first-order chi connectivity index (χ1) is 15.0. The summed E-state index contributed by atoms with van der Waals surface area (Å²) < 4.78 is 0. The summed E-state index contributed by atoms with van der Waals surface area (Å²) in [4.78, 5) is 30.1. The van der Waals surface area contributed by atoms with Crippen LogP contribution in [0.2, 0.25) is 0 Å². The Morgan fingerprint density at radius 1 is 1.00 bits per heavy atom. The lowest BCUT2D eigenvalue weighted by Gasteiger charge is -2.33. The maximum atomic E-state index is 12.9. The van der Waals surface area contributed by atoms with Crippen LogP contribution in [0.25, 0.3) is 0 Å². The number of carbonyl (C=O) groups is 2. The fourth-order valence-corrected chi connectivity index (χ4v) is 4.77. The maximum Gasteiger partial charge on any atom is 0.229 e. The zero-order chi connectivity index (χ0) is 21.8. The van der Waals surface area contributed by atoms with Crippen LogP contribution >= 0.6 is 0 Å². The number of Topliss-reactive ketones (excluding diaryl/α,β-unsaturated/α-hetero) is 1. The SMILES string of the molecule is C[C@H]1CN(CC(=O)C2CCN(c3ccccc3)CC2)C[C@@H]1C(=O)Nc1ccc(O)cc1. The van der Waals surface area contributed by atoms with E-state index in [1.807, 2.05) is 6.07 Å². The number of likely N-dealkylation sites (tertiary alicyclic amines) is 1. The van der Waals surface area contributed by atoms with Crippen molar-refractivity contribution in [3.63, 3.8) is 0 Å². The number of hydrogen-bond donors (Lipinski definition) is 2. The number of anilines is 2. The van der Waals surface area contributed by atoms with Crippen LogP contribution in [0.5, 0.6) is 5.75 Å². The Labute approximate surface area is 183 Å². The van der Waals surface area contributed by atoms with Gasteiger partial charge in [-0.3, -0.25) is 14.5 Å².